The number of hydrogen-bond acceptors (Lipinski definition) is 5. The maximum Gasteiger partial charge on any atom is 0.152 e. The molecule has 6 nitrogen and oxygen atoms in total. The Morgan fingerprint density at radius 2 is 2.15 bits per heavy atom. The topological polar surface area (TPSA) is 79.0 Å². The van der Waals surface area contributed by atoms with E-state index in [0.29, 0.717) is 18.7 Å². The Balaban J connectivity index is 1.90. The van der Waals surface area contributed by atoms with E-state index >= 15 is 0 Å². The molecule has 26 heavy (non-hydrogen) atoms. The van der Waals surface area contributed by atoms with Crippen molar-refractivity contribution in [1.82, 2.24) is 9.78 Å². The zero-order valence-corrected chi connectivity index (χ0v) is 15.8. The Labute approximate surface area is 152 Å². The summed E-state index contributed by atoms with van der Waals surface area (Å²) in [4.78, 5) is 1.81. The number of nitriles is 1. The van der Waals surface area contributed by atoms with Gasteiger partial charge in [0.2, 0.25) is 0 Å². The summed E-state index contributed by atoms with van der Waals surface area (Å²) in [6.45, 7) is 4.26. The van der Waals surface area contributed by atoms with E-state index in [4.69, 9.17) is 0 Å². The highest BCUT2D eigenvalue weighted by atomic mass is 32.2. The summed E-state index contributed by atoms with van der Waals surface area (Å²) in [6.07, 6.45) is 0.571. The van der Waals surface area contributed by atoms with Crippen molar-refractivity contribution in [2.24, 2.45) is 0 Å². The molecular weight excluding hydrogens is 355 g/mol. The van der Waals surface area contributed by atoms with E-state index in [1.165, 1.54) is 6.07 Å². The maximum absolute atomic E-state index is 13.9. The zero-order valence-electron chi connectivity index (χ0n) is 15.0. The first kappa shape index (κ1) is 18.4. The second kappa shape index (κ2) is 6.72. The van der Waals surface area contributed by atoms with Crippen molar-refractivity contribution in [3.63, 3.8) is 0 Å². The molecule has 1 fully saturated rings. The minimum atomic E-state index is -2.99. The van der Waals surface area contributed by atoms with E-state index in [0.717, 1.165) is 17.0 Å². The van der Waals surface area contributed by atoms with E-state index in [1.807, 2.05) is 24.8 Å². The number of benzene rings is 1. The number of aromatic nitrogens is 2. The maximum atomic E-state index is 13.9. The summed E-state index contributed by atoms with van der Waals surface area (Å²) in [5.41, 5.74) is 3.21. The monoisotopic (exact) mass is 376 g/mol. The SMILES string of the molecule is Cc1nn([C@H]2CCS(=O)(=O)C2)c(C)c1CN(C)c1cccc(F)c1C#N. The molecule has 8 heteroatoms. The average molecular weight is 376 g/mol. The lowest BCUT2D eigenvalue weighted by Crippen LogP contribution is -2.19. The summed E-state index contributed by atoms with van der Waals surface area (Å²) in [5.74, 6) is -0.232. The fourth-order valence-electron chi connectivity index (χ4n) is 3.51. The van der Waals surface area contributed by atoms with Crippen LogP contribution in [0.25, 0.3) is 0 Å². The molecule has 1 atom stereocenters. The molecule has 0 amide bonds. The molecule has 2 aromatic rings. The molecular formula is C18H21FN4O2S. The quantitative estimate of drug-likeness (QED) is 0.819. The number of sulfone groups is 1. The Morgan fingerprint density at radius 1 is 1.42 bits per heavy atom. The highest BCUT2D eigenvalue weighted by Crippen LogP contribution is 2.29. The minimum Gasteiger partial charge on any atom is -0.369 e. The van der Waals surface area contributed by atoms with Crippen molar-refractivity contribution in [3.05, 3.63) is 46.5 Å². The number of nitrogens with zero attached hydrogens (tertiary/aromatic N) is 4. The highest BCUT2D eigenvalue weighted by Gasteiger charge is 2.31. The van der Waals surface area contributed by atoms with Crippen molar-refractivity contribution >= 4 is 15.5 Å². The van der Waals surface area contributed by atoms with Crippen LogP contribution in [0.3, 0.4) is 0 Å². The second-order valence-corrected chi connectivity index (χ2v) is 8.98. The van der Waals surface area contributed by atoms with Gasteiger partial charge in [0.05, 0.1) is 28.9 Å². The Bertz CT molecular complexity index is 991. The fraction of sp³-hybridized carbons (Fsp3) is 0.444. The van der Waals surface area contributed by atoms with Crippen LogP contribution in [0.2, 0.25) is 0 Å². The molecule has 0 aliphatic carbocycles. The summed E-state index contributed by atoms with van der Waals surface area (Å²) >= 11 is 0. The van der Waals surface area contributed by atoms with Crippen molar-refractivity contribution in [1.29, 1.82) is 5.26 Å². The molecule has 3 rings (SSSR count). The van der Waals surface area contributed by atoms with Crippen LogP contribution in [0.5, 0.6) is 0 Å². The molecule has 1 aromatic heterocycles. The Kier molecular flexibility index (Phi) is 4.76. The number of rotatable bonds is 4. The molecule has 0 radical (unpaired) electrons. The van der Waals surface area contributed by atoms with Crippen molar-refractivity contribution < 1.29 is 12.8 Å². The molecule has 1 saturated heterocycles. The number of halogens is 1. The van der Waals surface area contributed by atoms with Crippen LogP contribution in [0.1, 0.15) is 35.0 Å². The molecule has 1 aliphatic rings. The van der Waals surface area contributed by atoms with Gasteiger partial charge in [0.1, 0.15) is 17.4 Å². The number of anilines is 1. The van der Waals surface area contributed by atoms with Crippen LogP contribution >= 0.6 is 0 Å². The Hall–Kier alpha value is -2.40. The lowest BCUT2D eigenvalue weighted by molar-refractivity contribution is 0.485. The van der Waals surface area contributed by atoms with Crippen LogP contribution in [-0.4, -0.2) is 36.8 Å². The Morgan fingerprint density at radius 3 is 2.77 bits per heavy atom. The molecule has 0 spiro atoms. The third-order valence-electron chi connectivity index (χ3n) is 4.94. The van der Waals surface area contributed by atoms with Crippen molar-refractivity contribution in [2.75, 3.05) is 23.5 Å². The van der Waals surface area contributed by atoms with Crippen molar-refractivity contribution in [3.8, 4) is 6.07 Å². The van der Waals surface area contributed by atoms with Gasteiger partial charge in [0.25, 0.3) is 0 Å². The van der Waals surface area contributed by atoms with Crippen molar-refractivity contribution in [2.45, 2.75) is 32.9 Å². The second-order valence-electron chi connectivity index (χ2n) is 6.75. The predicted molar refractivity (Wildman–Crippen MR) is 97.2 cm³/mol. The van der Waals surface area contributed by atoms with Gasteiger partial charge in [-0.15, -0.1) is 0 Å². The standard InChI is InChI=1S/C18H21FN4O2S/c1-12-16(10-22(3)18-6-4-5-17(19)15(18)9-20)13(2)23(21-12)14-7-8-26(24,25)11-14/h4-6,14H,7-8,10-11H2,1-3H3/t14-/m0/s1. The number of aryl methyl sites for hydroxylation is 1. The number of hydrogen-bond donors (Lipinski definition) is 0. The first-order valence-electron chi connectivity index (χ1n) is 8.38. The van der Waals surface area contributed by atoms with Crippen LogP contribution in [-0.2, 0) is 16.4 Å². The largest absolute Gasteiger partial charge is 0.369 e. The van der Waals surface area contributed by atoms with Crippen LogP contribution < -0.4 is 4.90 Å². The van der Waals surface area contributed by atoms with Crippen LogP contribution in [0.15, 0.2) is 18.2 Å². The van der Waals surface area contributed by atoms with Gasteiger partial charge >= 0.3 is 0 Å². The first-order valence-corrected chi connectivity index (χ1v) is 10.2. The van der Waals surface area contributed by atoms with E-state index in [9.17, 15) is 18.1 Å². The van der Waals surface area contributed by atoms with Gasteiger partial charge in [-0.1, -0.05) is 6.07 Å². The van der Waals surface area contributed by atoms with Gasteiger partial charge in [-0.2, -0.15) is 10.4 Å². The lowest BCUT2D eigenvalue weighted by Gasteiger charge is -2.21. The molecule has 138 valence electrons. The highest BCUT2D eigenvalue weighted by molar-refractivity contribution is 7.91. The smallest absolute Gasteiger partial charge is 0.152 e. The third kappa shape index (κ3) is 3.31. The van der Waals surface area contributed by atoms with E-state index in [2.05, 4.69) is 5.10 Å². The predicted octanol–water partition coefficient (Wildman–Crippen LogP) is 2.51. The van der Waals surface area contributed by atoms with Gasteiger partial charge < -0.3 is 4.90 Å². The van der Waals surface area contributed by atoms with Crippen LogP contribution in [0.4, 0.5) is 10.1 Å². The van der Waals surface area contributed by atoms with E-state index in [-0.39, 0.29) is 23.1 Å². The summed E-state index contributed by atoms with van der Waals surface area (Å²) in [7, 11) is -1.20. The normalized spacial score (nSPS) is 18.7. The first-order chi connectivity index (χ1) is 12.2. The molecule has 1 aromatic carbocycles. The minimum absolute atomic E-state index is 0.0135. The van der Waals surface area contributed by atoms with Gasteiger partial charge in [0, 0.05) is 24.8 Å². The third-order valence-corrected chi connectivity index (χ3v) is 6.69. The molecule has 0 bridgehead atoms. The van der Waals surface area contributed by atoms with Gasteiger partial charge in [-0.25, -0.2) is 12.8 Å². The molecule has 0 unspecified atom stereocenters. The molecule has 0 N–H and O–H groups in total. The average Bonchev–Trinajstić information content (AvgIpc) is 3.08. The summed E-state index contributed by atoms with van der Waals surface area (Å²) < 4.78 is 39.2. The van der Waals surface area contributed by atoms with Gasteiger partial charge in [0.15, 0.2) is 9.84 Å². The van der Waals surface area contributed by atoms with Crippen LogP contribution in [0, 0.1) is 31.0 Å². The van der Waals surface area contributed by atoms with E-state index < -0.39 is 15.7 Å². The van der Waals surface area contributed by atoms with E-state index in [1.54, 1.807) is 23.9 Å². The molecule has 0 saturated carbocycles. The molecule has 1 aliphatic heterocycles. The fourth-order valence-corrected chi connectivity index (χ4v) is 5.21. The summed E-state index contributed by atoms with van der Waals surface area (Å²) in [6, 6.07) is 6.33. The van der Waals surface area contributed by atoms with Gasteiger partial charge in [-0.05, 0) is 32.4 Å². The zero-order chi connectivity index (χ0) is 19.1. The van der Waals surface area contributed by atoms with Gasteiger partial charge in [-0.3, -0.25) is 4.68 Å². The summed E-state index contributed by atoms with van der Waals surface area (Å²) in [5, 5.41) is 13.8. The molecule has 2 heterocycles. The lowest BCUT2D eigenvalue weighted by atomic mass is 10.1.